The zero-order valence-corrected chi connectivity index (χ0v) is 14.3. The van der Waals surface area contributed by atoms with E-state index in [4.69, 9.17) is 12.2 Å². The van der Waals surface area contributed by atoms with Crippen LogP contribution in [0.5, 0.6) is 0 Å². The topological polar surface area (TPSA) is 36.4 Å². The summed E-state index contributed by atoms with van der Waals surface area (Å²) in [5, 5.41) is 7.84. The van der Waals surface area contributed by atoms with Crippen LogP contribution in [-0.2, 0) is 0 Å². The maximum Gasteiger partial charge on any atom is 0.191 e. The summed E-state index contributed by atoms with van der Waals surface area (Å²) >= 11 is 8.63. The predicted octanol–water partition coefficient (Wildman–Crippen LogP) is 4.47. The minimum atomic E-state index is 0.468. The van der Waals surface area contributed by atoms with Crippen molar-refractivity contribution in [2.75, 3.05) is 5.32 Å². The number of rotatable bonds is 3. The third kappa shape index (κ3) is 4.95. The smallest absolute Gasteiger partial charge is 0.191 e. The second-order valence-electron chi connectivity index (χ2n) is 4.64. The summed E-state index contributed by atoms with van der Waals surface area (Å²) in [4.78, 5) is 0. The van der Waals surface area contributed by atoms with E-state index in [0.717, 1.165) is 21.4 Å². The van der Waals surface area contributed by atoms with Crippen LogP contribution < -0.4 is 10.7 Å². The molecule has 3 nitrogen and oxygen atoms in total. The van der Waals surface area contributed by atoms with Crippen molar-refractivity contribution in [3.8, 4) is 0 Å². The molecule has 21 heavy (non-hydrogen) atoms. The molecule has 2 aromatic carbocycles. The van der Waals surface area contributed by atoms with E-state index in [1.165, 1.54) is 5.56 Å². The fourth-order valence-electron chi connectivity index (χ4n) is 1.69. The van der Waals surface area contributed by atoms with E-state index in [9.17, 15) is 0 Å². The molecule has 0 aliphatic rings. The first kappa shape index (κ1) is 15.7. The van der Waals surface area contributed by atoms with Crippen molar-refractivity contribution in [3.63, 3.8) is 0 Å². The van der Waals surface area contributed by atoms with Crippen LogP contribution in [0.2, 0.25) is 0 Å². The molecule has 0 saturated carbocycles. The molecule has 0 saturated heterocycles. The zero-order chi connectivity index (χ0) is 15.2. The predicted molar refractivity (Wildman–Crippen MR) is 96.9 cm³/mol. The van der Waals surface area contributed by atoms with Gasteiger partial charge >= 0.3 is 0 Å². The Balaban J connectivity index is 1.94. The number of hydrazone groups is 1. The second kappa shape index (κ2) is 7.33. The number of aryl methyl sites for hydroxylation is 1. The molecule has 0 unspecified atom stereocenters. The van der Waals surface area contributed by atoms with Crippen molar-refractivity contribution in [1.82, 2.24) is 5.43 Å². The van der Waals surface area contributed by atoms with Gasteiger partial charge in [-0.3, -0.25) is 5.43 Å². The molecule has 0 bridgehead atoms. The number of thiocarbonyl (C=S) groups is 1. The lowest BCUT2D eigenvalue weighted by molar-refractivity contribution is 1.04. The van der Waals surface area contributed by atoms with Gasteiger partial charge in [-0.05, 0) is 55.9 Å². The molecule has 0 radical (unpaired) electrons. The molecule has 2 N–H and O–H groups in total. The third-order valence-electron chi connectivity index (χ3n) is 2.90. The quantitative estimate of drug-likeness (QED) is 0.481. The van der Waals surface area contributed by atoms with Crippen LogP contribution in [0, 0.1) is 6.92 Å². The Morgan fingerprint density at radius 3 is 2.29 bits per heavy atom. The maximum absolute atomic E-state index is 5.22. The zero-order valence-electron chi connectivity index (χ0n) is 11.9. The number of anilines is 1. The number of halogens is 1. The molecule has 2 aromatic rings. The highest BCUT2D eigenvalue weighted by atomic mass is 79.9. The normalized spacial score (nSPS) is 11.1. The molecule has 0 aliphatic carbocycles. The Hall–Kier alpha value is -1.72. The van der Waals surface area contributed by atoms with E-state index in [-0.39, 0.29) is 0 Å². The molecule has 5 heteroatoms. The molecule has 0 heterocycles. The van der Waals surface area contributed by atoms with E-state index in [2.05, 4.69) is 31.8 Å². The van der Waals surface area contributed by atoms with Crippen molar-refractivity contribution in [2.45, 2.75) is 13.8 Å². The van der Waals surface area contributed by atoms with Gasteiger partial charge in [0.25, 0.3) is 0 Å². The van der Waals surface area contributed by atoms with Gasteiger partial charge in [-0.2, -0.15) is 5.10 Å². The SMILES string of the molecule is C/C(=N\NC(=S)Nc1ccc(C)cc1)c1ccc(Br)cc1. The fraction of sp³-hybridized carbons (Fsp3) is 0.125. The minimum Gasteiger partial charge on any atom is -0.331 e. The average molecular weight is 362 g/mol. The summed E-state index contributed by atoms with van der Waals surface area (Å²) in [5.74, 6) is 0. The number of nitrogens with one attached hydrogen (secondary N) is 2. The Bertz CT molecular complexity index is 648. The summed E-state index contributed by atoms with van der Waals surface area (Å²) in [6.45, 7) is 3.98. The Morgan fingerprint density at radius 2 is 1.67 bits per heavy atom. The van der Waals surface area contributed by atoms with E-state index >= 15 is 0 Å². The van der Waals surface area contributed by atoms with Gasteiger partial charge in [-0.1, -0.05) is 45.8 Å². The summed E-state index contributed by atoms with van der Waals surface area (Å²) < 4.78 is 1.04. The molecule has 2 rings (SSSR count). The summed E-state index contributed by atoms with van der Waals surface area (Å²) in [6, 6.07) is 16.0. The van der Waals surface area contributed by atoms with Gasteiger partial charge in [0.1, 0.15) is 0 Å². The van der Waals surface area contributed by atoms with E-state index in [1.54, 1.807) is 0 Å². The molecular formula is C16H16BrN3S. The van der Waals surface area contributed by atoms with E-state index in [0.29, 0.717) is 5.11 Å². The highest BCUT2D eigenvalue weighted by Crippen LogP contribution is 2.11. The summed E-state index contributed by atoms with van der Waals surface area (Å²) in [5.41, 5.74) is 6.92. The molecule has 0 fully saturated rings. The first-order valence-corrected chi connectivity index (χ1v) is 7.68. The molecule has 0 aliphatic heterocycles. The molecule has 0 amide bonds. The van der Waals surface area contributed by atoms with Crippen LogP contribution in [0.25, 0.3) is 0 Å². The van der Waals surface area contributed by atoms with Gasteiger partial charge in [0.05, 0.1) is 5.71 Å². The molecule has 0 spiro atoms. The minimum absolute atomic E-state index is 0.468. The van der Waals surface area contributed by atoms with Gasteiger partial charge in [0, 0.05) is 10.2 Å². The van der Waals surface area contributed by atoms with Crippen LogP contribution in [0.4, 0.5) is 5.69 Å². The summed E-state index contributed by atoms with van der Waals surface area (Å²) in [7, 11) is 0. The largest absolute Gasteiger partial charge is 0.331 e. The van der Waals surface area contributed by atoms with Gasteiger partial charge < -0.3 is 5.32 Å². The number of benzene rings is 2. The Kier molecular flexibility index (Phi) is 5.47. The van der Waals surface area contributed by atoms with Crippen LogP contribution >= 0.6 is 28.1 Å². The average Bonchev–Trinajstić information content (AvgIpc) is 2.48. The summed E-state index contributed by atoms with van der Waals surface area (Å²) in [6.07, 6.45) is 0. The van der Waals surface area contributed by atoms with E-state index < -0.39 is 0 Å². The highest BCUT2D eigenvalue weighted by Gasteiger charge is 1.99. The fourth-order valence-corrected chi connectivity index (χ4v) is 2.11. The van der Waals surface area contributed by atoms with Crippen molar-refractivity contribution in [1.29, 1.82) is 0 Å². The lowest BCUT2D eigenvalue weighted by Gasteiger charge is -2.08. The molecule has 0 aromatic heterocycles. The van der Waals surface area contributed by atoms with Crippen molar-refractivity contribution >= 4 is 44.7 Å². The Morgan fingerprint density at radius 1 is 1.05 bits per heavy atom. The van der Waals surface area contributed by atoms with Gasteiger partial charge in [-0.15, -0.1) is 0 Å². The first-order valence-electron chi connectivity index (χ1n) is 6.48. The highest BCUT2D eigenvalue weighted by molar-refractivity contribution is 9.10. The molecular weight excluding hydrogens is 346 g/mol. The van der Waals surface area contributed by atoms with Crippen LogP contribution in [0.1, 0.15) is 18.1 Å². The lowest BCUT2D eigenvalue weighted by Crippen LogP contribution is -2.24. The molecule has 108 valence electrons. The van der Waals surface area contributed by atoms with Crippen LogP contribution in [0.3, 0.4) is 0 Å². The Labute approximate surface area is 138 Å². The van der Waals surface area contributed by atoms with Gasteiger partial charge in [-0.25, -0.2) is 0 Å². The van der Waals surface area contributed by atoms with Crippen molar-refractivity contribution in [3.05, 3.63) is 64.1 Å². The van der Waals surface area contributed by atoms with Crippen molar-refractivity contribution in [2.24, 2.45) is 5.10 Å². The first-order chi connectivity index (χ1) is 10.0. The lowest BCUT2D eigenvalue weighted by atomic mass is 10.1. The standard InChI is InChI=1S/C16H16BrN3S/c1-11-3-9-15(10-4-11)18-16(21)20-19-12(2)13-5-7-14(17)8-6-13/h3-10H,1-2H3,(H2,18,20,21)/b19-12+. The maximum atomic E-state index is 5.22. The van der Waals surface area contributed by atoms with Crippen LogP contribution in [0.15, 0.2) is 58.1 Å². The van der Waals surface area contributed by atoms with Gasteiger partial charge in [0.2, 0.25) is 0 Å². The van der Waals surface area contributed by atoms with Crippen molar-refractivity contribution < 1.29 is 0 Å². The van der Waals surface area contributed by atoms with E-state index in [1.807, 2.05) is 62.4 Å². The van der Waals surface area contributed by atoms with Crippen LogP contribution in [-0.4, -0.2) is 10.8 Å². The molecule has 0 atom stereocenters. The third-order valence-corrected chi connectivity index (χ3v) is 3.62. The number of hydrogen-bond donors (Lipinski definition) is 2. The number of nitrogens with zero attached hydrogens (tertiary/aromatic N) is 1. The second-order valence-corrected chi connectivity index (χ2v) is 5.96. The van der Waals surface area contributed by atoms with Gasteiger partial charge in [0.15, 0.2) is 5.11 Å². The number of hydrogen-bond acceptors (Lipinski definition) is 2. The monoisotopic (exact) mass is 361 g/mol.